The van der Waals surface area contributed by atoms with Crippen LogP contribution in [0.5, 0.6) is 0 Å². The fraction of sp³-hybridized carbons (Fsp3) is 0.553. The Morgan fingerprint density at radius 2 is 1.09 bits per heavy atom. The van der Waals surface area contributed by atoms with E-state index >= 15 is 0 Å². The zero-order chi connectivity index (χ0) is 41.4. The topological polar surface area (TPSA) is 108 Å². The second-order valence-corrected chi connectivity index (χ2v) is 16.0. The molecule has 3 atom stereocenters. The van der Waals surface area contributed by atoms with Crippen molar-refractivity contribution in [3.8, 4) is 0 Å². The lowest BCUT2D eigenvalue weighted by Crippen LogP contribution is -2.45. The lowest BCUT2D eigenvalue weighted by molar-refractivity contribution is -0.870. The van der Waals surface area contributed by atoms with Crippen molar-refractivity contribution in [1.82, 2.24) is 5.32 Å². The second kappa shape index (κ2) is 37.5. The van der Waals surface area contributed by atoms with Gasteiger partial charge >= 0.3 is 0 Å². The van der Waals surface area contributed by atoms with E-state index in [1.54, 1.807) is 6.08 Å². The minimum atomic E-state index is -4.58. The predicted octanol–water partition coefficient (Wildman–Crippen LogP) is 10.9. The number of aliphatic hydroxyl groups is 1. The Morgan fingerprint density at radius 1 is 0.643 bits per heavy atom. The van der Waals surface area contributed by atoms with Crippen molar-refractivity contribution >= 4 is 13.7 Å². The van der Waals surface area contributed by atoms with Crippen LogP contribution in [0.3, 0.4) is 0 Å². The number of phosphoric acid groups is 1. The van der Waals surface area contributed by atoms with E-state index in [1.165, 1.54) is 0 Å². The minimum absolute atomic E-state index is 0.0173. The van der Waals surface area contributed by atoms with Crippen LogP contribution in [0.2, 0.25) is 0 Å². The molecule has 56 heavy (non-hydrogen) atoms. The molecule has 0 bridgehead atoms. The van der Waals surface area contributed by atoms with Gasteiger partial charge in [0.25, 0.3) is 7.82 Å². The second-order valence-electron chi connectivity index (χ2n) is 14.6. The van der Waals surface area contributed by atoms with Crippen LogP contribution in [0.1, 0.15) is 117 Å². The SMILES string of the molecule is CC/C=C\C/C=C\C/C=C\C/C=C\C/C=C\C/C=C\C/C=C\C/C=C\C/C=C\CCCCCC(=O)NC(COP(=O)([O-])OCC[N+](C)(C)C)C(O)/C=C/CCC. The molecule has 0 aromatic carbocycles. The fourth-order valence-electron chi connectivity index (χ4n) is 4.85. The first-order valence-electron chi connectivity index (χ1n) is 20.9. The normalized spacial score (nSPS) is 15.6. The number of carbonyl (C=O) groups is 1. The van der Waals surface area contributed by atoms with Crippen molar-refractivity contribution in [2.24, 2.45) is 0 Å². The summed E-state index contributed by atoms with van der Waals surface area (Å²) in [6, 6.07) is -0.908. The molecule has 0 radical (unpaired) electrons. The van der Waals surface area contributed by atoms with Gasteiger partial charge in [-0.3, -0.25) is 9.36 Å². The molecule has 0 spiro atoms. The van der Waals surface area contributed by atoms with Crippen molar-refractivity contribution < 1.29 is 32.9 Å². The maximum absolute atomic E-state index is 12.6. The van der Waals surface area contributed by atoms with E-state index in [-0.39, 0.29) is 18.9 Å². The van der Waals surface area contributed by atoms with Crippen LogP contribution in [-0.2, 0) is 18.4 Å². The molecule has 1 amide bonds. The number of amides is 1. The highest BCUT2D eigenvalue weighted by atomic mass is 31.2. The highest BCUT2D eigenvalue weighted by molar-refractivity contribution is 7.45. The van der Waals surface area contributed by atoms with Crippen molar-refractivity contribution in [3.63, 3.8) is 0 Å². The van der Waals surface area contributed by atoms with Crippen molar-refractivity contribution in [2.75, 3.05) is 40.9 Å². The van der Waals surface area contributed by atoms with E-state index < -0.39 is 26.6 Å². The highest BCUT2D eigenvalue weighted by Crippen LogP contribution is 2.38. The first kappa shape index (κ1) is 52.9. The third-order valence-electron chi connectivity index (χ3n) is 8.16. The number of carbonyl (C=O) groups excluding carboxylic acids is 1. The number of quaternary nitrogens is 1. The standard InChI is InChI=1S/C47H77N2O6P/c1-6-8-10-11-12-13-14-15-16-17-18-19-20-21-22-23-24-25-26-27-28-29-30-31-32-33-34-35-36-37-39-41-47(51)48-45(46(50)40-38-9-7-2)44-55-56(52,53)54-43-42-49(3,4)5/h8,10,12-13,15-16,18-19,21-22,24-25,27-28,30-31,33-34,38,40,45-46,50H,6-7,9,11,14,17,20,23,26,29,32,35-37,39,41-44H2,1-5H3,(H-,48,51,52,53)/b10-8-,13-12-,16-15-,19-18-,22-21-,25-24-,28-27-,31-30-,34-33-,40-38+. The molecule has 0 fully saturated rings. The third-order valence-corrected chi connectivity index (χ3v) is 9.12. The quantitative estimate of drug-likeness (QED) is 0.0286. The van der Waals surface area contributed by atoms with Gasteiger partial charge in [-0.1, -0.05) is 148 Å². The number of likely N-dealkylation sites (N-methyl/N-ethyl adjacent to an activating group) is 1. The summed E-state index contributed by atoms with van der Waals surface area (Å²) in [5.41, 5.74) is 0. The Labute approximate surface area is 342 Å². The van der Waals surface area contributed by atoms with E-state index in [1.807, 2.05) is 34.1 Å². The fourth-order valence-corrected chi connectivity index (χ4v) is 5.58. The summed E-state index contributed by atoms with van der Waals surface area (Å²) < 4.78 is 22.8. The van der Waals surface area contributed by atoms with E-state index in [2.05, 4.69) is 122 Å². The van der Waals surface area contributed by atoms with Crippen molar-refractivity contribution in [1.29, 1.82) is 0 Å². The Bertz CT molecular complexity index is 1320. The number of nitrogens with one attached hydrogen (secondary N) is 1. The summed E-state index contributed by atoms with van der Waals surface area (Å²) >= 11 is 0. The summed E-state index contributed by atoms with van der Waals surface area (Å²) in [5.74, 6) is -0.250. The zero-order valence-electron chi connectivity index (χ0n) is 35.5. The molecule has 0 saturated heterocycles. The number of allylic oxidation sites excluding steroid dienone is 19. The lowest BCUT2D eigenvalue weighted by atomic mass is 10.1. The van der Waals surface area contributed by atoms with E-state index in [9.17, 15) is 19.4 Å². The number of hydrogen-bond acceptors (Lipinski definition) is 6. The smallest absolute Gasteiger partial charge is 0.268 e. The van der Waals surface area contributed by atoms with Crippen LogP contribution in [0.15, 0.2) is 122 Å². The molecule has 0 aromatic heterocycles. The maximum atomic E-state index is 12.6. The van der Waals surface area contributed by atoms with Gasteiger partial charge in [0.15, 0.2) is 0 Å². The van der Waals surface area contributed by atoms with Gasteiger partial charge in [-0.05, 0) is 83.5 Å². The number of rotatable bonds is 35. The highest BCUT2D eigenvalue weighted by Gasteiger charge is 2.23. The van der Waals surface area contributed by atoms with Gasteiger partial charge in [-0.25, -0.2) is 0 Å². The van der Waals surface area contributed by atoms with Crippen LogP contribution >= 0.6 is 7.82 Å². The molecule has 0 aliphatic carbocycles. The Hall–Kier alpha value is -3.10. The molecule has 9 heteroatoms. The van der Waals surface area contributed by atoms with Gasteiger partial charge in [-0.15, -0.1) is 0 Å². The summed E-state index contributed by atoms with van der Waals surface area (Å²) in [6.45, 7) is 4.23. The molecule has 316 valence electrons. The Balaban J connectivity index is 4.10. The first-order valence-corrected chi connectivity index (χ1v) is 22.4. The molecule has 0 heterocycles. The van der Waals surface area contributed by atoms with Crippen molar-refractivity contribution in [2.45, 2.75) is 129 Å². The average molecular weight is 797 g/mol. The van der Waals surface area contributed by atoms with Crippen molar-refractivity contribution in [3.05, 3.63) is 122 Å². The van der Waals surface area contributed by atoms with Crippen LogP contribution < -0.4 is 10.2 Å². The molecule has 3 unspecified atom stereocenters. The molecular formula is C47H77N2O6P. The molecule has 0 aromatic rings. The molecule has 8 nitrogen and oxygen atoms in total. The van der Waals surface area contributed by atoms with Gasteiger partial charge < -0.3 is 28.8 Å². The number of aliphatic hydroxyl groups excluding tert-OH is 1. The van der Waals surface area contributed by atoms with Gasteiger partial charge in [-0.2, -0.15) is 0 Å². The van der Waals surface area contributed by atoms with Gasteiger partial charge in [0.1, 0.15) is 13.2 Å². The Kier molecular flexibility index (Phi) is 35.4. The third kappa shape index (κ3) is 39.1. The molecule has 0 aliphatic heterocycles. The number of phosphoric ester groups is 1. The molecular weight excluding hydrogens is 719 g/mol. The molecule has 0 rings (SSSR count). The lowest BCUT2D eigenvalue weighted by Gasteiger charge is -2.29. The maximum Gasteiger partial charge on any atom is 0.268 e. The van der Waals surface area contributed by atoms with Gasteiger partial charge in [0.05, 0.1) is 39.9 Å². The van der Waals surface area contributed by atoms with Gasteiger partial charge in [0.2, 0.25) is 5.91 Å². The number of hydrogen-bond donors (Lipinski definition) is 2. The largest absolute Gasteiger partial charge is 0.756 e. The minimum Gasteiger partial charge on any atom is -0.756 e. The van der Waals surface area contributed by atoms with E-state index in [0.29, 0.717) is 17.4 Å². The summed E-state index contributed by atoms with van der Waals surface area (Å²) in [6.07, 6.45) is 56.3. The van der Waals surface area contributed by atoms with Crippen LogP contribution in [0, 0.1) is 0 Å². The van der Waals surface area contributed by atoms with E-state index in [4.69, 9.17) is 9.05 Å². The van der Waals surface area contributed by atoms with Crippen LogP contribution in [0.25, 0.3) is 0 Å². The summed E-state index contributed by atoms with van der Waals surface area (Å²) in [4.78, 5) is 24.9. The Morgan fingerprint density at radius 3 is 1.52 bits per heavy atom. The first-order chi connectivity index (χ1) is 27.0. The van der Waals surface area contributed by atoms with Crippen LogP contribution in [-0.4, -0.2) is 68.5 Å². The monoisotopic (exact) mass is 797 g/mol. The molecule has 0 aliphatic rings. The molecule has 2 N–H and O–H groups in total. The summed E-state index contributed by atoms with van der Waals surface area (Å²) in [5, 5.41) is 13.4. The van der Waals surface area contributed by atoms with E-state index in [0.717, 1.165) is 89.9 Å². The number of unbranched alkanes of at least 4 members (excludes halogenated alkanes) is 4. The number of nitrogens with zero attached hydrogens (tertiary/aromatic N) is 1. The summed E-state index contributed by atoms with van der Waals surface area (Å²) in [7, 11) is 1.20. The average Bonchev–Trinajstić information content (AvgIpc) is 3.15. The molecule has 0 saturated carbocycles. The van der Waals surface area contributed by atoms with Gasteiger partial charge in [0, 0.05) is 6.42 Å². The van der Waals surface area contributed by atoms with Crippen LogP contribution in [0.4, 0.5) is 0 Å². The predicted molar refractivity (Wildman–Crippen MR) is 237 cm³/mol. The zero-order valence-corrected chi connectivity index (χ0v) is 36.4.